The molecule has 3 saturated carbocycles. The number of carbonyl (C=O) groups excluding carboxylic acids is 1. The molecule has 0 spiro atoms. The van der Waals surface area contributed by atoms with E-state index in [-0.39, 0.29) is 24.2 Å². The smallest absolute Gasteiger partial charge is 0.228 e. The number of halogens is 1. The van der Waals surface area contributed by atoms with Gasteiger partial charge in [0.15, 0.2) is 0 Å². The Balaban J connectivity index is 0.00000289. The molecule has 32 heavy (non-hydrogen) atoms. The quantitative estimate of drug-likeness (QED) is 0.501. The lowest BCUT2D eigenvalue weighted by Crippen LogP contribution is -2.38. The lowest BCUT2D eigenvalue weighted by Gasteiger charge is -2.41. The Hall–Kier alpha value is -2.03. The Morgan fingerprint density at radius 2 is 1.88 bits per heavy atom. The number of benzene rings is 1. The first-order chi connectivity index (χ1) is 15.0. The Morgan fingerprint density at radius 3 is 2.47 bits per heavy atom. The lowest BCUT2D eigenvalue weighted by molar-refractivity contribution is -0.124. The molecule has 1 aromatic heterocycles. The predicted octanol–water partition coefficient (Wildman–Crippen LogP) is 6.49. The average Bonchev–Trinajstić information content (AvgIpc) is 3.08. The topological polar surface area (TPSA) is 56.1 Å². The van der Waals surface area contributed by atoms with Crippen molar-refractivity contribution < 1.29 is 4.79 Å². The number of amides is 1. The van der Waals surface area contributed by atoms with Gasteiger partial charge in [0.25, 0.3) is 0 Å². The molecular weight excluding hydrogens is 438 g/mol. The number of rotatable bonds is 7. The van der Waals surface area contributed by atoms with Gasteiger partial charge in [0.1, 0.15) is 11.1 Å². The number of nitrogens with one attached hydrogen (secondary N) is 1. The molecule has 1 amide bonds. The number of anilines is 2. The van der Waals surface area contributed by atoms with Gasteiger partial charge in [-0.05, 0) is 75.5 Å². The summed E-state index contributed by atoms with van der Waals surface area (Å²) < 4.78 is 0. The fourth-order valence-corrected chi connectivity index (χ4v) is 6.53. The predicted molar refractivity (Wildman–Crippen MR) is 136 cm³/mol. The summed E-state index contributed by atoms with van der Waals surface area (Å²) in [6.07, 6.45) is 7.92. The van der Waals surface area contributed by atoms with Gasteiger partial charge in [-0.2, -0.15) is 5.26 Å². The Morgan fingerprint density at radius 1 is 1.19 bits per heavy atom. The summed E-state index contributed by atoms with van der Waals surface area (Å²) in [5.41, 5.74) is 4.18. The number of aryl methyl sites for hydroxylation is 2. The molecular formula is C26H34ClN3OS. The van der Waals surface area contributed by atoms with Crippen molar-refractivity contribution in [3.8, 4) is 6.07 Å². The van der Waals surface area contributed by atoms with Gasteiger partial charge in [-0.15, -0.1) is 23.7 Å². The van der Waals surface area contributed by atoms with E-state index in [0.717, 1.165) is 42.3 Å². The van der Waals surface area contributed by atoms with Crippen molar-refractivity contribution in [2.24, 2.45) is 17.8 Å². The summed E-state index contributed by atoms with van der Waals surface area (Å²) in [5, 5.41) is 13.6. The largest absolute Gasteiger partial charge is 0.375 e. The highest BCUT2D eigenvalue weighted by molar-refractivity contribution is 7.16. The van der Waals surface area contributed by atoms with E-state index in [0.29, 0.717) is 11.5 Å². The third-order valence-electron chi connectivity index (χ3n) is 7.35. The highest BCUT2D eigenvalue weighted by atomic mass is 35.5. The first kappa shape index (κ1) is 24.6. The molecule has 5 rings (SSSR count). The molecule has 1 atom stereocenters. The summed E-state index contributed by atoms with van der Waals surface area (Å²) in [6.45, 7) is 5.08. The van der Waals surface area contributed by atoms with Crippen LogP contribution in [0.3, 0.4) is 0 Å². The van der Waals surface area contributed by atoms with Gasteiger partial charge in [-0.25, -0.2) is 0 Å². The second-order valence-corrected chi connectivity index (χ2v) is 10.5. The molecule has 172 valence electrons. The van der Waals surface area contributed by atoms with Gasteiger partial charge >= 0.3 is 0 Å². The Labute approximate surface area is 202 Å². The number of nitrogens with zero attached hydrogens (tertiary/aromatic N) is 2. The number of thiophene rings is 1. The van der Waals surface area contributed by atoms with Crippen molar-refractivity contribution in [2.75, 3.05) is 23.8 Å². The van der Waals surface area contributed by atoms with Crippen LogP contribution in [0.1, 0.15) is 60.1 Å². The lowest BCUT2D eigenvalue weighted by atomic mass is 9.64. The van der Waals surface area contributed by atoms with Crippen molar-refractivity contribution in [1.82, 2.24) is 0 Å². The molecule has 3 aliphatic rings. The summed E-state index contributed by atoms with van der Waals surface area (Å²) in [6, 6.07) is 10.9. The van der Waals surface area contributed by atoms with Crippen LogP contribution in [0.5, 0.6) is 0 Å². The molecule has 6 heteroatoms. The van der Waals surface area contributed by atoms with E-state index in [4.69, 9.17) is 0 Å². The molecule has 1 unspecified atom stereocenters. The second-order valence-electron chi connectivity index (χ2n) is 9.44. The summed E-state index contributed by atoms with van der Waals surface area (Å²) in [7, 11) is 2.12. The van der Waals surface area contributed by atoms with Crippen LogP contribution >= 0.6 is 23.7 Å². The zero-order valence-corrected chi connectivity index (χ0v) is 21.0. The molecule has 2 bridgehead atoms. The van der Waals surface area contributed by atoms with Gasteiger partial charge in [0.05, 0.1) is 5.56 Å². The van der Waals surface area contributed by atoms with E-state index >= 15 is 0 Å². The third kappa shape index (κ3) is 5.30. The highest BCUT2D eigenvalue weighted by Gasteiger charge is 2.39. The standard InChI is InChI=1S/C26H33N3OS.ClH/c1-17-6-12-21(13-7-17)29(3)14-4-5-24-18(2)23(16-27)26(31-24)28-25(30)22-15-19-8-10-20(22)11-9-19;/h6-7,12-13,19-20,22H,4-5,8-11,14-15H2,1-3H3,(H,28,30);1H. The number of hydrogen-bond donors (Lipinski definition) is 1. The minimum Gasteiger partial charge on any atom is -0.375 e. The van der Waals surface area contributed by atoms with E-state index in [2.05, 4.69) is 54.5 Å². The Bertz CT molecular complexity index is 970. The van der Waals surface area contributed by atoms with Crippen LogP contribution in [0.25, 0.3) is 0 Å². The number of carbonyl (C=O) groups is 1. The van der Waals surface area contributed by atoms with Gasteiger partial charge in [0, 0.05) is 30.1 Å². The zero-order chi connectivity index (χ0) is 22.0. The number of fused-ring (bicyclic) bond motifs is 3. The molecule has 0 radical (unpaired) electrons. The molecule has 1 heterocycles. The maximum atomic E-state index is 13.0. The Kier molecular flexibility index (Phi) is 8.25. The molecule has 2 aromatic rings. The van der Waals surface area contributed by atoms with Crippen LogP contribution < -0.4 is 10.2 Å². The van der Waals surface area contributed by atoms with Crippen LogP contribution in [0.2, 0.25) is 0 Å². The van der Waals surface area contributed by atoms with Gasteiger partial charge in [-0.3, -0.25) is 4.79 Å². The van der Waals surface area contributed by atoms with Crippen molar-refractivity contribution in [2.45, 2.75) is 58.8 Å². The fraction of sp³-hybridized carbons (Fsp3) is 0.538. The van der Waals surface area contributed by atoms with Crippen molar-refractivity contribution in [3.05, 3.63) is 45.8 Å². The maximum absolute atomic E-state index is 13.0. The van der Waals surface area contributed by atoms with E-state index in [1.165, 1.54) is 41.8 Å². The van der Waals surface area contributed by atoms with E-state index in [1.807, 2.05) is 6.92 Å². The first-order valence-electron chi connectivity index (χ1n) is 11.6. The minimum absolute atomic E-state index is 0. The summed E-state index contributed by atoms with van der Waals surface area (Å²) >= 11 is 1.60. The normalized spacial score (nSPS) is 21.5. The molecule has 3 fully saturated rings. The van der Waals surface area contributed by atoms with Crippen LogP contribution in [0.15, 0.2) is 24.3 Å². The van der Waals surface area contributed by atoms with Gasteiger partial charge < -0.3 is 10.2 Å². The van der Waals surface area contributed by atoms with Crippen molar-refractivity contribution in [1.29, 1.82) is 5.26 Å². The number of hydrogen-bond acceptors (Lipinski definition) is 4. The first-order valence-corrected chi connectivity index (χ1v) is 12.4. The summed E-state index contributed by atoms with van der Waals surface area (Å²) in [5.74, 6) is 1.53. The van der Waals surface area contributed by atoms with Crippen molar-refractivity contribution in [3.63, 3.8) is 0 Å². The second kappa shape index (κ2) is 10.7. The molecule has 4 nitrogen and oxygen atoms in total. The van der Waals surface area contributed by atoms with Crippen LogP contribution in [-0.2, 0) is 11.2 Å². The van der Waals surface area contributed by atoms with E-state index < -0.39 is 0 Å². The monoisotopic (exact) mass is 471 g/mol. The molecule has 0 saturated heterocycles. The molecule has 1 N–H and O–H groups in total. The number of nitriles is 1. The highest BCUT2D eigenvalue weighted by Crippen LogP contribution is 2.45. The average molecular weight is 472 g/mol. The van der Waals surface area contributed by atoms with Crippen LogP contribution in [0, 0.1) is 42.9 Å². The third-order valence-corrected chi connectivity index (χ3v) is 8.62. The van der Waals surface area contributed by atoms with E-state index in [9.17, 15) is 10.1 Å². The molecule has 0 aliphatic heterocycles. The fourth-order valence-electron chi connectivity index (χ4n) is 5.33. The van der Waals surface area contributed by atoms with Crippen molar-refractivity contribution >= 4 is 40.3 Å². The zero-order valence-electron chi connectivity index (χ0n) is 19.3. The SMILES string of the molecule is Cc1ccc(N(C)CCCc2sc(NC(=O)C3CC4CCC3CC4)c(C#N)c2C)cc1.Cl. The van der Waals surface area contributed by atoms with Gasteiger partial charge in [-0.1, -0.05) is 30.5 Å². The van der Waals surface area contributed by atoms with Gasteiger partial charge in [0.2, 0.25) is 5.91 Å². The molecule has 3 aliphatic carbocycles. The summed E-state index contributed by atoms with van der Waals surface area (Å²) in [4.78, 5) is 16.5. The van der Waals surface area contributed by atoms with Crippen LogP contribution in [0.4, 0.5) is 10.7 Å². The maximum Gasteiger partial charge on any atom is 0.228 e. The van der Waals surface area contributed by atoms with E-state index in [1.54, 1.807) is 11.3 Å². The van der Waals surface area contributed by atoms with Crippen LogP contribution in [-0.4, -0.2) is 19.5 Å². The minimum atomic E-state index is 0. The molecule has 1 aromatic carbocycles.